The number of hydrogen-bond donors (Lipinski definition) is 3. The summed E-state index contributed by atoms with van der Waals surface area (Å²) in [5, 5.41) is 8.49. The number of amides is 2. The number of benzene rings is 2. The van der Waals surface area contributed by atoms with Crippen molar-refractivity contribution in [2.45, 2.75) is 64.0 Å². The van der Waals surface area contributed by atoms with Gasteiger partial charge in [0.05, 0.1) is 13.7 Å². The zero-order chi connectivity index (χ0) is 34.4. The molecule has 4 N–H and O–H groups in total. The zero-order valence-electron chi connectivity index (χ0n) is 28.3. The average molecular weight is 689 g/mol. The topological polar surface area (TPSA) is 133 Å². The molecule has 3 heterocycles. The van der Waals surface area contributed by atoms with Crippen LogP contribution < -0.4 is 21.1 Å². The van der Waals surface area contributed by atoms with Gasteiger partial charge in [-0.1, -0.05) is 19.1 Å². The molecule has 9 rings (SSSR count). The second kappa shape index (κ2) is 11.2. The summed E-state index contributed by atoms with van der Waals surface area (Å²) in [5.41, 5.74) is 11.1. The standard InChI is InChI=1S/C40H40N4O5S/c1-3-38-17-24-14-25-18-39(20-38,21-40(24,25)38)44-36(46)31-9-8-27(33(43-31)37(47)48-2)28-16-32-30(34-23(10-12-49-32)11-13-50-34)15-29(28)35(45)42-26-6-4-22(19-41)5-7-26/h4-9,11,13,15-16,24-25H,3,10,12,14,17-21,41H2,1-2H3,(H,42,45)(H,44,46). The minimum Gasteiger partial charge on any atom is -0.493 e. The minimum atomic E-state index is -0.697. The summed E-state index contributed by atoms with van der Waals surface area (Å²) in [6.07, 6.45) is 7.55. The summed E-state index contributed by atoms with van der Waals surface area (Å²) in [5.74, 6) is 0.771. The number of pyridine rings is 1. The number of rotatable bonds is 8. The van der Waals surface area contributed by atoms with Crippen molar-refractivity contribution >= 4 is 34.8 Å². The predicted octanol–water partition coefficient (Wildman–Crippen LogP) is 7.00. The summed E-state index contributed by atoms with van der Waals surface area (Å²) in [6, 6.07) is 16.4. The van der Waals surface area contributed by atoms with Crippen LogP contribution in [0.3, 0.4) is 0 Å². The van der Waals surface area contributed by atoms with Gasteiger partial charge in [-0.2, -0.15) is 0 Å². The molecule has 2 amide bonds. The van der Waals surface area contributed by atoms with E-state index in [2.05, 4.69) is 28.6 Å². The molecule has 0 radical (unpaired) electrons. The Morgan fingerprint density at radius 2 is 1.82 bits per heavy atom. The molecule has 256 valence electrons. The average Bonchev–Trinajstić information content (AvgIpc) is 3.75. The van der Waals surface area contributed by atoms with Gasteiger partial charge in [0.15, 0.2) is 5.69 Å². The number of aromatic nitrogens is 1. The largest absolute Gasteiger partial charge is 0.493 e. The number of carbonyl (C=O) groups is 3. The maximum atomic E-state index is 14.1. The molecule has 10 heteroatoms. The van der Waals surface area contributed by atoms with Crippen LogP contribution >= 0.6 is 11.3 Å². The van der Waals surface area contributed by atoms with Crippen LogP contribution in [0.15, 0.2) is 60.0 Å². The van der Waals surface area contributed by atoms with E-state index in [1.807, 2.05) is 35.7 Å². The molecule has 2 aromatic heterocycles. The van der Waals surface area contributed by atoms with Gasteiger partial charge in [-0.25, -0.2) is 9.78 Å². The molecule has 0 saturated heterocycles. The number of thiophene rings is 1. The van der Waals surface area contributed by atoms with E-state index in [0.717, 1.165) is 59.6 Å². The second-order valence-corrected chi connectivity index (χ2v) is 15.9. The van der Waals surface area contributed by atoms with E-state index in [1.54, 1.807) is 29.5 Å². The Morgan fingerprint density at radius 1 is 1.00 bits per heavy atom. The Bertz CT molecular complexity index is 2090. The quantitative estimate of drug-likeness (QED) is 0.170. The molecule has 9 nitrogen and oxygen atoms in total. The molecular formula is C40H40N4O5S. The minimum absolute atomic E-state index is 0.0361. The smallest absolute Gasteiger partial charge is 0.357 e. The van der Waals surface area contributed by atoms with E-state index in [4.69, 9.17) is 15.2 Å². The van der Waals surface area contributed by atoms with Crippen LogP contribution in [0.1, 0.15) is 87.9 Å². The van der Waals surface area contributed by atoms with Crippen molar-refractivity contribution in [2.75, 3.05) is 19.0 Å². The highest BCUT2D eigenvalue weighted by molar-refractivity contribution is 7.13. The number of ether oxygens (including phenoxy) is 2. The number of esters is 1. The molecule has 4 fully saturated rings. The van der Waals surface area contributed by atoms with Crippen molar-refractivity contribution in [1.82, 2.24) is 10.3 Å². The first-order valence-electron chi connectivity index (χ1n) is 17.6. The van der Waals surface area contributed by atoms with E-state index < -0.39 is 5.97 Å². The van der Waals surface area contributed by atoms with Gasteiger partial charge in [-0.3, -0.25) is 9.59 Å². The lowest BCUT2D eigenvalue weighted by molar-refractivity contribution is -0.245. The zero-order valence-corrected chi connectivity index (χ0v) is 29.1. The molecule has 2 aromatic carbocycles. The number of methoxy groups -OCH3 is 1. The fourth-order valence-corrected chi connectivity index (χ4v) is 11.8. The normalized spacial score (nSPS) is 27.7. The summed E-state index contributed by atoms with van der Waals surface area (Å²) in [4.78, 5) is 47.2. The Morgan fingerprint density at radius 3 is 2.56 bits per heavy atom. The van der Waals surface area contributed by atoms with Gasteiger partial charge in [-0.15, -0.1) is 11.3 Å². The number of carbonyl (C=O) groups excluding carboxylic acids is 3. The van der Waals surface area contributed by atoms with Crippen LogP contribution in [-0.4, -0.2) is 42.0 Å². The number of fused-ring (bicyclic) bond motifs is 4. The predicted molar refractivity (Wildman–Crippen MR) is 191 cm³/mol. The van der Waals surface area contributed by atoms with Gasteiger partial charge in [0.2, 0.25) is 0 Å². The third-order valence-electron chi connectivity index (χ3n) is 12.9. The lowest BCUT2D eigenvalue weighted by Crippen LogP contribution is -2.67. The number of hydrogen-bond acceptors (Lipinski definition) is 8. The second-order valence-electron chi connectivity index (χ2n) is 15.0. The van der Waals surface area contributed by atoms with Crippen LogP contribution in [0, 0.1) is 22.7 Å². The Balaban J connectivity index is 1.10. The van der Waals surface area contributed by atoms with Gasteiger partial charge in [0.1, 0.15) is 11.4 Å². The number of nitrogens with one attached hydrogen (secondary N) is 2. The molecule has 5 aliphatic rings. The molecule has 1 aliphatic heterocycles. The first-order valence-corrected chi connectivity index (χ1v) is 18.5. The summed E-state index contributed by atoms with van der Waals surface area (Å²) < 4.78 is 11.4. The molecule has 50 heavy (non-hydrogen) atoms. The Hall–Kier alpha value is -4.54. The van der Waals surface area contributed by atoms with Crippen LogP contribution in [0.2, 0.25) is 0 Å². The van der Waals surface area contributed by atoms with Crippen LogP contribution in [-0.2, 0) is 17.7 Å². The Kier molecular flexibility index (Phi) is 7.06. The lowest BCUT2D eigenvalue weighted by Gasteiger charge is -2.73. The molecule has 5 atom stereocenters. The SMILES string of the molecule is CCC12CC3CC4CC(NC(=O)c5ccc(-c6cc7c(cc6C(=O)Nc6ccc(CN)cc6)-c6sccc6CCO7)c(C(=O)OC)n5)(C1)CC432. The highest BCUT2D eigenvalue weighted by Crippen LogP contribution is 2.88. The van der Waals surface area contributed by atoms with Gasteiger partial charge in [0.25, 0.3) is 11.8 Å². The third-order valence-corrected chi connectivity index (χ3v) is 13.9. The van der Waals surface area contributed by atoms with Gasteiger partial charge >= 0.3 is 5.97 Å². The maximum Gasteiger partial charge on any atom is 0.357 e. The molecule has 4 aliphatic carbocycles. The summed E-state index contributed by atoms with van der Waals surface area (Å²) in [7, 11) is 1.29. The molecule has 4 aromatic rings. The van der Waals surface area contributed by atoms with Crippen molar-refractivity contribution in [2.24, 2.45) is 28.4 Å². The van der Waals surface area contributed by atoms with Crippen LogP contribution in [0.25, 0.3) is 21.6 Å². The first-order chi connectivity index (χ1) is 24.2. The van der Waals surface area contributed by atoms with E-state index in [0.29, 0.717) is 58.0 Å². The van der Waals surface area contributed by atoms with Crippen molar-refractivity contribution < 1.29 is 23.9 Å². The van der Waals surface area contributed by atoms with Crippen molar-refractivity contribution in [3.8, 4) is 27.3 Å². The van der Waals surface area contributed by atoms with E-state index in [1.165, 1.54) is 20.0 Å². The Labute approximate surface area is 295 Å². The highest BCUT2D eigenvalue weighted by Gasteiger charge is 2.83. The van der Waals surface area contributed by atoms with E-state index >= 15 is 0 Å². The van der Waals surface area contributed by atoms with Crippen LogP contribution in [0.5, 0.6) is 5.75 Å². The summed E-state index contributed by atoms with van der Waals surface area (Å²) in [6.45, 7) is 3.17. The van der Waals surface area contributed by atoms with E-state index in [9.17, 15) is 14.4 Å². The van der Waals surface area contributed by atoms with Crippen molar-refractivity contribution in [1.29, 1.82) is 0 Å². The number of anilines is 1. The third kappa shape index (κ3) is 4.40. The molecule has 2 bridgehead atoms. The van der Waals surface area contributed by atoms with Gasteiger partial charge < -0.3 is 25.8 Å². The fourth-order valence-electron chi connectivity index (χ4n) is 10.8. The van der Waals surface area contributed by atoms with Gasteiger partial charge in [-0.05, 0) is 120 Å². The van der Waals surface area contributed by atoms with Crippen LogP contribution in [0.4, 0.5) is 5.69 Å². The van der Waals surface area contributed by atoms with Gasteiger partial charge in [0, 0.05) is 51.3 Å². The molecular weight excluding hydrogens is 649 g/mol. The number of nitrogens with zero attached hydrogens (tertiary/aromatic N) is 1. The number of nitrogens with two attached hydrogens (primary N) is 1. The molecule has 1 spiro atoms. The molecule has 5 unspecified atom stereocenters. The van der Waals surface area contributed by atoms with Crippen molar-refractivity contribution in [3.05, 3.63) is 88.1 Å². The van der Waals surface area contributed by atoms with E-state index in [-0.39, 0.29) is 28.7 Å². The van der Waals surface area contributed by atoms with Crippen molar-refractivity contribution in [3.63, 3.8) is 0 Å². The molecule has 4 saturated carbocycles. The monoisotopic (exact) mass is 688 g/mol. The fraction of sp³-hybridized carbons (Fsp3) is 0.400. The first kappa shape index (κ1) is 31.4. The highest BCUT2D eigenvalue weighted by atomic mass is 32.1. The maximum absolute atomic E-state index is 14.1. The lowest BCUT2D eigenvalue weighted by atomic mass is 9.31. The summed E-state index contributed by atoms with van der Waals surface area (Å²) >= 11 is 1.60.